The Bertz CT molecular complexity index is 130. The second-order valence-electron chi connectivity index (χ2n) is 3.72. The van der Waals surface area contributed by atoms with Crippen molar-refractivity contribution in [3.05, 3.63) is 0 Å². The van der Waals surface area contributed by atoms with E-state index in [-0.39, 0.29) is 0 Å². The van der Waals surface area contributed by atoms with Crippen LogP contribution in [0.15, 0.2) is 0 Å². The molecule has 2 saturated heterocycles. The van der Waals surface area contributed by atoms with Crippen LogP contribution in [0.4, 0.5) is 0 Å². The van der Waals surface area contributed by atoms with Crippen LogP contribution in [0.3, 0.4) is 0 Å². The van der Waals surface area contributed by atoms with Crippen LogP contribution in [0.5, 0.6) is 0 Å². The average Bonchev–Trinajstić information content (AvgIpc) is 2.60. The van der Waals surface area contributed by atoms with Crippen molar-refractivity contribution in [2.75, 3.05) is 26.2 Å². The fourth-order valence-electron chi connectivity index (χ4n) is 2.61. The van der Waals surface area contributed by atoms with Crippen molar-refractivity contribution < 1.29 is 0 Å². The fourth-order valence-corrected chi connectivity index (χ4v) is 2.61. The van der Waals surface area contributed by atoms with E-state index in [1.165, 1.54) is 32.6 Å². The third kappa shape index (κ3) is 1.09. The van der Waals surface area contributed by atoms with Gasteiger partial charge in [0, 0.05) is 25.2 Å². The lowest BCUT2D eigenvalue weighted by Gasteiger charge is -2.32. The van der Waals surface area contributed by atoms with Crippen LogP contribution in [-0.4, -0.2) is 48.1 Å². The molecule has 2 bridgehead atoms. The predicted octanol–water partition coefficient (Wildman–Crippen LogP) is 0.785. The van der Waals surface area contributed by atoms with E-state index in [2.05, 4.69) is 23.6 Å². The Morgan fingerprint density at radius 2 is 1.45 bits per heavy atom. The van der Waals surface area contributed by atoms with Gasteiger partial charge in [-0.05, 0) is 19.5 Å². The summed E-state index contributed by atoms with van der Waals surface area (Å²) in [4.78, 5) is 5.24. The fraction of sp³-hybridized carbons (Fsp3) is 1.00. The molecule has 0 aromatic carbocycles. The van der Waals surface area contributed by atoms with E-state index in [1.54, 1.807) is 0 Å². The van der Waals surface area contributed by atoms with Crippen LogP contribution in [0.25, 0.3) is 0 Å². The number of hydrogen-bond acceptors (Lipinski definition) is 2. The highest BCUT2D eigenvalue weighted by Crippen LogP contribution is 2.29. The Labute approximate surface area is 69.2 Å². The molecule has 0 radical (unpaired) electrons. The Morgan fingerprint density at radius 1 is 1.00 bits per heavy atom. The maximum Gasteiger partial charge on any atom is 0.0239 e. The van der Waals surface area contributed by atoms with E-state index >= 15 is 0 Å². The minimum absolute atomic E-state index is 0.893. The molecule has 2 rings (SSSR count). The number of piperazine rings is 1. The number of hydrogen-bond donors (Lipinski definition) is 0. The molecule has 2 aliphatic rings. The van der Waals surface area contributed by atoms with Crippen LogP contribution in [0.2, 0.25) is 0 Å². The highest BCUT2D eigenvalue weighted by atomic mass is 15.3. The number of likely N-dealkylation sites (N-methyl/N-ethyl adjacent to an activating group) is 2. The summed E-state index contributed by atoms with van der Waals surface area (Å²) in [6.07, 6.45) is 1.43. The smallest absolute Gasteiger partial charge is 0.0239 e. The van der Waals surface area contributed by atoms with Gasteiger partial charge < -0.3 is 0 Å². The molecular formula is C9H18N2. The average molecular weight is 154 g/mol. The molecule has 0 N–H and O–H groups in total. The summed E-state index contributed by atoms with van der Waals surface area (Å²) in [6, 6.07) is 1.79. The summed E-state index contributed by atoms with van der Waals surface area (Å²) in [5, 5.41) is 0. The summed E-state index contributed by atoms with van der Waals surface area (Å²) >= 11 is 0. The van der Waals surface area contributed by atoms with Crippen LogP contribution in [0, 0.1) is 0 Å². The first-order valence-corrected chi connectivity index (χ1v) is 4.83. The SMILES string of the molecule is CCN1CC2CC1CN2CC. The first kappa shape index (κ1) is 7.56. The maximum absolute atomic E-state index is 2.62. The third-order valence-electron chi connectivity index (χ3n) is 3.28. The van der Waals surface area contributed by atoms with Gasteiger partial charge in [0.2, 0.25) is 0 Å². The molecule has 2 aliphatic heterocycles. The van der Waals surface area contributed by atoms with Crippen molar-refractivity contribution in [3.8, 4) is 0 Å². The lowest BCUT2D eigenvalue weighted by Crippen LogP contribution is -2.45. The Morgan fingerprint density at radius 3 is 1.73 bits per heavy atom. The van der Waals surface area contributed by atoms with Gasteiger partial charge in [-0.25, -0.2) is 0 Å². The normalized spacial score (nSPS) is 38.7. The Balaban J connectivity index is 1.97. The summed E-state index contributed by atoms with van der Waals surface area (Å²) in [6.45, 7) is 9.70. The Hall–Kier alpha value is -0.0800. The van der Waals surface area contributed by atoms with Gasteiger partial charge in [0.05, 0.1) is 0 Å². The van der Waals surface area contributed by atoms with Gasteiger partial charge in [0.25, 0.3) is 0 Å². The number of rotatable bonds is 2. The molecule has 0 aliphatic carbocycles. The summed E-state index contributed by atoms with van der Waals surface area (Å²) in [5.41, 5.74) is 0. The van der Waals surface area contributed by atoms with Gasteiger partial charge in [-0.15, -0.1) is 0 Å². The van der Waals surface area contributed by atoms with E-state index in [9.17, 15) is 0 Å². The standard InChI is InChI=1S/C9H18N2/c1-3-10-6-9-5-8(10)7-11(9)4-2/h8-9H,3-7H2,1-2H3. The molecule has 0 spiro atoms. The van der Waals surface area contributed by atoms with Crippen molar-refractivity contribution in [2.24, 2.45) is 0 Å². The van der Waals surface area contributed by atoms with Crippen LogP contribution in [0.1, 0.15) is 20.3 Å². The summed E-state index contributed by atoms with van der Waals surface area (Å²) < 4.78 is 0. The van der Waals surface area contributed by atoms with E-state index in [0.717, 1.165) is 12.1 Å². The second kappa shape index (κ2) is 2.76. The molecule has 2 unspecified atom stereocenters. The molecular weight excluding hydrogens is 136 g/mol. The number of nitrogens with zero attached hydrogens (tertiary/aromatic N) is 2. The highest BCUT2D eigenvalue weighted by Gasteiger charge is 2.41. The van der Waals surface area contributed by atoms with Gasteiger partial charge in [-0.2, -0.15) is 0 Å². The minimum atomic E-state index is 0.893. The number of likely N-dealkylation sites (tertiary alicyclic amines) is 2. The highest BCUT2D eigenvalue weighted by molar-refractivity contribution is 4.98. The lowest BCUT2D eigenvalue weighted by molar-refractivity contribution is 0.138. The van der Waals surface area contributed by atoms with Crippen molar-refractivity contribution in [1.82, 2.24) is 9.80 Å². The van der Waals surface area contributed by atoms with E-state index in [0.29, 0.717) is 0 Å². The molecule has 2 nitrogen and oxygen atoms in total. The van der Waals surface area contributed by atoms with E-state index in [4.69, 9.17) is 0 Å². The zero-order chi connectivity index (χ0) is 7.84. The predicted molar refractivity (Wildman–Crippen MR) is 46.7 cm³/mol. The first-order valence-electron chi connectivity index (χ1n) is 4.83. The van der Waals surface area contributed by atoms with Gasteiger partial charge in [0.1, 0.15) is 0 Å². The minimum Gasteiger partial charge on any atom is -0.298 e. The second-order valence-corrected chi connectivity index (χ2v) is 3.72. The maximum atomic E-state index is 2.62. The lowest BCUT2D eigenvalue weighted by atomic mass is 10.2. The molecule has 64 valence electrons. The van der Waals surface area contributed by atoms with E-state index < -0.39 is 0 Å². The summed E-state index contributed by atoms with van der Waals surface area (Å²) in [7, 11) is 0. The van der Waals surface area contributed by atoms with Crippen molar-refractivity contribution >= 4 is 0 Å². The number of fused-ring (bicyclic) bond motifs is 2. The molecule has 0 amide bonds. The zero-order valence-corrected chi connectivity index (χ0v) is 7.58. The molecule has 0 aromatic heterocycles. The van der Waals surface area contributed by atoms with Crippen LogP contribution < -0.4 is 0 Å². The zero-order valence-electron chi connectivity index (χ0n) is 7.58. The molecule has 2 fully saturated rings. The summed E-state index contributed by atoms with van der Waals surface area (Å²) in [5.74, 6) is 0. The molecule has 2 atom stereocenters. The molecule has 0 aromatic rings. The van der Waals surface area contributed by atoms with Gasteiger partial charge in [-0.3, -0.25) is 9.80 Å². The largest absolute Gasteiger partial charge is 0.298 e. The molecule has 2 heteroatoms. The van der Waals surface area contributed by atoms with Crippen molar-refractivity contribution in [3.63, 3.8) is 0 Å². The van der Waals surface area contributed by atoms with Crippen molar-refractivity contribution in [2.45, 2.75) is 32.4 Å². The van der Waals surface area contributed by atoms with Gasteiger partial charge in [-0.1, -0.05) is 13.8 Å². The van der Waals surface area contributed by atoms with Gasteiger partial charge >= 0.3 is 0 Å². The topological polar surface area (TPSA) is 6.48 Å². The van der Waals surface area contributed by atoms with Gasteiger partial charge in [0.15, 0.2) is 0 Å². The third-order valence-corrected chi connectivity index (χ3v) is 3.28. The quantitative estimate of drug-likeness (QED) is 0.580. The Kier molecular flexibility index (Phi) is 1.90. The van der Waals surface area contributed by atoms with E-state index in [1.807, 2.05) is 0 Å². The van der Waals surface area contributed by atoms with Crippen molar-refractivity contribution in [1.29, 1.82) is 0 Å². The van der Waals surface area contributed by atoms with Crippen LogP contribution in [-0.2, 0) is 0 Å². The van der Waals surface area contributed by atoms with Crippen LogP contribution >= 0.6 is 0 Å². The molecule has 0 saturated carbocycles. The molecule has 11 heavy (non-hydrogen) atoms. The molecule has 2 heterocycles. The first-order chi connectivity index (χ1) is 5.35. The monoisotopic (exact) mass is 154 g/mol.